The number of ether oxygens (including phenoxy) is 1. The van der Waals surface area contributed by atoms with Crippen molar-refractivity contribution < 1.29 is 14.3 Å². The van der Waals surface area contributed by atoms with Gasteiger partial charge in [0.1, 0.15) is 0 Å². The Bertz CT molecular complexity index is 1300. The number of hydrogen-bond acceptors (Lipinski definition) is 5. The lowest BCUT2D eigenvalue weighted by Crippen LogP contribution is -2.36. The normalized spacial score (nSPS) is 20.8. The van der Waals surface area contributed by atoms with Crippen LogP contribution < -0.4 is 5.32 Å². The largest absolute Gasteiger partial charge is 0.460 e. The van der Waals surface area contributed by atoms with E-state index in [-0.39, 0.29) is 23.8 Å². The summed E-state index contributed by atoms with van der Waals surface area (Å²) in [6.07, 6.45) is 0.974. The summed E-state index contributed by atoms with van der Waals surface area (Å²) in [5.74, 6) is -0.539. The maximum atomic E-state index is 13.6. The third-order valence-corrected chi connectivity index (χ3v) is 7.48. The molecule has 1 N–H and O–H groups in total. The number of nitrogens with one attached hydrogen (secondary N) is 1. The van der Waals surface area contributed by atoms with E-state index in [9.17, 15) is 9.59 Å². The number of allylic oxidation sites excluding steroid dienone is 3. The first-order chi connectivity index (χ1) is 15.9. The second-order valence-corrected chi connectivity index (χ2v) is 10.1. The van der Waals surface area contributed by atoms with Crippen LogP contribution in [0.25, 0.3) is 10.8 Å². The van der Waals surface area contributed by atoms with E-state index in [0.29, 0.717) is 17.6 Å². The number of hydrogen-bond donors (Lipinski definition) is 1. The molecule has 0 radical (unpaired) electrons. The van der Waals surface area contributed by atoms with Gasteiger partial charge in [0.25, 0.3) is 0 Å². The summed E-state index contributed by atoms with van der Waals surface area (Å²) in [5.41, 5.74) is 3.87. The van der Waals surface area contributed by atoms with Crippen molar-refractivity contribution in [3.63, 3.8) is 0 Å². The van der Waals surface area contributed by atoms with E-state index in [4.69, 9.17) is 4.74 Å². The number of benzene rings is 2. The molecule has 1 aliphatic heterocycles. The molecule has 33 heavy (non-hydrogen) atoms. The fraction of sp³-hybridized carbons (Fsp3) is 0.286. The van der Waals surface area contributed by atoms with E-state index < -0.39 is 5.92 Å². The summed E-state index contributed by atoms with van der Waals surface area (Å²) in [6.45, 7) is 5.60. The summed E-state index contributed by atoms with van der Waals surface area (Å²) in [4.78, 5) is 28.1. The second kappa shape index (κ2) is 8.64. The molecule has 0 unspecified atom stereocenters. The zero-order chi connectivity index (χ0) is 23.1. The van der Waals surface area contributed by atoms with Gasteiger partial charge in [-0.05, 0) is 55.0 Å². The highest BCUT2D eigenvalue weighted by atomic mass is 32.1. The van der Waals surface area contributed by atoms with Gasteiger partial charge in [0.15, 0.2) is 5.78 Å². The predicted octanol–water partition coefficient (Wildman–Crippen LogP) is 6.21. The van der Waals surface area contributed by atoms with Gasteiger partial charge in [0.2, 0.25) is 0 Å². The molecule has 2 heterocycles. The highest BCUT2D eigenvalue weighted by molar-refractivity contribution is 7.10. The maximum absolute atomic E-state index is 13.6. The number of rotatable bonds is 4. The van der Waals surface area contributed by atoms with Gasteiger partial charge in [0, 0.05) is 40.1 Å². The van der Waals surface area contributed by atoms with Crippen molar-refractivity contribution in [3.8, 4) is 0 Å². The molecule has 168 valence electrons. The molecule has 4 nitrogen and oxygen atoms in total. The molecule has 5 rings (SSSR count). The molecule has 0 bridgehead atoms. The molecule has 0 saturated heterocycles. The van der Waals surface area contributed by atoms with E-state index in [1.807, 2.05) is 45.0 Å². The molecule has 2 atom stereocenters. The first-order valence-electron chi connectivity index (χ1n) is 11.4. The van der Waals surface area contributed by atoms with Crippen LogP contribution in [0.5, 0.6) is 0 Å². The fourth-order valence-electron chi connectivity index (χ4n) is 5.03. The zero-order valence-electron chi connectivity index (χ0n) is 19.1. The average molecular weight is 458 g/mol. The predicted molar refractivity (Wildman–Crippen MR) is 132 cm³/mol. The first-order valence-corrected chi connectivity index (χ1v) is 12.3. The molecule has 5 heteroatoms. The highest BCUT2D eigenvalue weighted by Crippen LogP contribution is 2.46. The Hall–Kier alpha value is -3.18. The number of thiophene rings is 1. The van der Waals surface area contributed by atoms with E-state index in [2.05, 4.69) is 41.0 Å². The van der Waals surface area contributed by atoms with E-state index >= 15 is 0 Å². The Morgan fingerprint density at radius 1 is 1.06 bits per heavy atom. The Morgan fingerprint density at radius 3 is 2.58 bits per heavy atom. The standard InChI is InChI=1S/C28H27NO3S/c1-16(2)32-28(31)25-17(3)29-22-14-21(24-9-6-12-33-24)15-23(30)27(22)26(25)20-11-10-18-7-4-5-8-19(18)13-20/h4-13,16,21,26,29H,14-15H2,1-3H3/t21-,26-/m0/s1. The molecular weight excluding hydrogens is 430 g/mol. The molecule has 2 aromatic carbocycles. The minimum absolute atomic E-state index is 0.0997. The summed E-state index contributed by atoms with van der Waals surface area (Å²) < 4.78 is 5.63. The van der Waals surface area contributed by atoms with Crippen LogP contribution in [0, 0.1) is 0 Å². The maximum Gasteiger partial charge on any atom is 0.337 e. The number of ketones is 1. The third-order valence-electron chi connectivity index (χ3n) is 6.44. The van der Waals surface area contributed by atoms with Crippen LogP contribution in [-0.2, 0) is 14.3 Å². The highest BCUT2D eigenvalue weighted by Gasteiger charge is 2.41. The average Bonchev–Trinajstić information content (AvgIpc) is 3.32. The van der Waals surface area contributed by atoms with Crippen molar-refractivity contribution in [2.24, 2.45) is 0 Å². The Labute approximate surface area is 198 Å². The van der Waals surface area contributed by atoms with Gasteiger partial charge in [-0.2, -0.15) is 0 Å². The van der Waals surface area contributed by atoms with Gasteiger partial charge < -0.3 is 10.1 Å². The second-order valence-electron chi connectivity index (χ2n) is 9.09. The van der Waals surface area contributed by atoms with Gasteiger partial charge in [-0.3, -0.25) is 4.79 Å². The van der Waals surface area contributed by atoms with Crippen LogP contribution in [0.1, 0.15) is 55.9 Å². The zero-order valence-corrected chi connectivity index (χ0v) is 19.9. The summed E-state index contributed by atoms with van der Waals surface area (Å²) in [7, 11) is 0. The topological polar surface area (TPSA) is 55.4 Å². The third kappa shape index (κ3) is 4.02. The molecule has 0 spiro atoms. The van der Waals surface area contributed by atoms with Crippen LogP contribution in [0.3, 0.4) is 0 Å². The smallest absolute Gasteiger partial charge is 0.337 e. The summed E-state index contributed by atoms with van der Waals surface area (Å²) in [6, 6.07) is 18.5. The van der Waals surface area contributed by atoms with E-state index in [0.717, 1.165) is 34.2 Å². The summed E-state index contributed by atoms with van der Waals surface area (Å²) >= 11 is 1.69. The minimum atomic E-state index is -0.436. The molecule has 0 saturated carbocycles. The van der Waals surface area contributed by atoms with Crippen molar-refractivity contribution in [3.05, 3.63) is 93.0 Å². The Balaban J connectivity index is 1.64. The van der Waals surface area contributed by atoms with Gasteiger partial charge in [-0.1, -0.05) is 48.5 Å². The SMILES string of the molecule is CC1=C(C(=O)OC(C)C)[C@H](c2ccc3ccccc3c2)C2=C(C[C@H](c3cccs3)CC2=O)N1. The fourth-order valence-corrected chi connectivity index (χ4v) is 5.86. The lowest BCUT2D eigenvalue weighted by molar-refractivity contribution is -0.143. The summed E-state index contributed by atoms with van der Waals surface area (Å²) in [5, 5.41) is 7.70. The number of fused-ring (bicyclic) bond motifs is 1. The molecule has 1 aromatic heterocycles. The van der Waals surface area contributed by atoms with Crippen LogP contribution in [-0.4, -0.2) is 17.9 Å². The number of dihydropyridines is 1. The number of carbonyl (C=O) groups is 2. The lowest BCUT2D eigenvalue weighted by atomic mass is 9.72. The van der Waals surface area contributed by atoms with Crippen molar-refractivity contribution in [1.29, 1.82) is 0 Å². The monoisotopic (exact) mass is 457 g/mol. The van der Waals surface area contributed by atoms with E-state index in [1.165, 1.54) is 4.88 Å². The quantitative estimate of drug-likeness (QED) is 0.473. The molecule has 0 fully saturated rings. The molecule has 0 amide bonds. The van der Waals surface area contributed by atoms with Crippen LogP contribution in [0.2, 0.25) is 0 Å². The van der Waals surface area contributed by atoms with Gasteiger partial charge in [-0.15, -0.1) is 11.3 Å². The molecule has 3 aromatic rings. The number of carbonyl (C=O) groups excluding carboxylic acids is 2. The van der Waals surface area contributed by atoms with E-state index in [1.54, 1.807) is 11.3 Å². The van der Waals surface area contributed by atoms with Crippen molar-refractivity contribution in [1.82, 2.24) is 5.32 Å². The van der Waals surface area contributed by atoms with Crippen LogP contribution in [0.4, 0.5) is 0 Å². The van der Waals surface area contributed by atoms with Crippen LogP contribution in [0.15, 0.2) is 82.5 Å². The molecule has 2 aliphatic rings. The Kier molecular flexibility index (Phi) is 5.67. The van der Waals surface area contributed by atoms with Crippen LogP contribution >= 0.6 is 11.3 Å². The number of Topliss-reactive ketones (excluding diaryl/α,β-unsaturated/α-hetero) is 1. The molecular formula is C28H27NO3S. The van der Waals surface area contributed by atoms with Gasteiger partial charge in [-0.25, -0.2) is 4.79 Å². The number of esters is 1. The first kappa shape index (κ1) is 21.7. The van der Waals surface area contributed by atoms with Crippen molar-refractivity contribution in [2.75, 3.05) is 0 Å². The van der Waals surface area contributed by atoms with Gasteiger partial charge in [0.05, 0.1) is 11.7 Å². The van der Waals surface area contributed by atoms with Gasteiger partial charge >= 0.3 is 5.97 Å². The lowest BCUT2D eigenvalue weighted by Gasteiger charge is -2.36. The molecule has 1 aliphatic carbocycles. The van der Waals surface area contributed by atoms with Crippen molar-refractivity contribution in [2.45, 2.75) is 51.6 Å². The Morgan fingerprint density at radius 2 is 1.85 bits per heavy atom. The van der Waals surface area contributed by atoms with Crippen molar-refractivity contribution >= 4 is 33.9 Å². The minimum Gasteiger partial charge on any atom is -0.460 e.